The molecule has 2 rings (SSSR count). The lowest BCUT2D eigenvalue weighted by Gasteiger charge is -2.09. The van der Waals surface area contributed by atoms with Crippen LogP contribution in [0.2, 0.25) is 0 Å². The molecule has 20 heavy (non-hydrogen) atoms. The molecule has 1 aromatic carbocycles. The van der Waals surface area contributed by atoms with Crippen molar-refractivity contribution in [3.63, 3.8) is 0 Å². The Morgan fingerprint density at radius 2 is 2.00 bits per heavy atom. The Morgan fingerprint density at radius 3 is 2.75 bits per heavy atom. The second-order valence-electron chi connectivity index (χ2n) is 5.40. The Labute approximate surface area is 121 Å². The molecular formula is C16H24N4. The van der Waals surface area contributed by atoms with Crippen molar-refractivity contribution >= 4 is 0 Å². The van der Waals surface area contributed by atoms with E-state index in [1.165, 1.54) is 5.56 Å². The molecular weight excluding hydrogens is 248 g/mol. The third-order valence-electron chi connectivity index (χ3n) is 3.04. The molecule has 0 aliphatic carbocycles. The first-order valence-electron chi connectivity index (χ1n) is 7.26. The molecule has 0 bridgehead atoms. The van der Waals surface area contributed by atoms with Crippen molar-refractivity contribution in [2.45, 2.75) is 20.4 Å². The predicted octanol–water partition coefficient (Wildman–Crippen LogP) is 2.21. The molecule has 4 heteroatoms. The van der Waals surface area contributed by atoms with Gasteiger partial charge in [0.2, 0.25) is 0 Å². The number of aromatic nitrogens is 2. The largest absolute Gasteiger partial charge is 0.315 e. The van der Waals surface area contributed by atoms with Crippen LogP contribution >= 0.6 is 0 Å². The van der Waals surface area contributed by atoms with Gasteiger partial charge in [0.1, 0.15) is 0 Å². The van der Waals surface area contributed by atoms with Gasteiger partial charge in [0.05, 0.1) is 5.69 Å². The molecule has 0 spiro atoms. The minimum atomic E-state index is 0.709. The fourth-order valence-corrected chi connectivity index (χ4v) is 2.03. The van der Waals surface area contributed by atoms with E-state index in [4.69, 9.17) is 0 Å². The molecule has 4 nitrogen and oxygen atoms in total. The highest BCUT2D eigenvalue weighted by Gasteiger charge is 1.98. The second-order valence-corrected chi connectivity index (χ2v) is 5.40. The maximum atomic E-state index is 4.25. The van der Waals surface area contributed by atoms with Crippen LogP contribution in [0.4, 0.5) is 0 Å². The van der Waals surface area contributed by atoms with Crippen molar-refractivity contribution < 1.29 is 0 Å². The van der Waals surface area contributed by atoms with Gasteiger partial charge in [0, 0.05) is 32.0 Å². The lowest BCUT2D eigenvalue weighted by Crippen LogP contribution is -2.29. The van der Waals surface area contributed by atoms with Gasteiger partial charge in [0.25, 0.3) is 0 Å². The third-order valence-corrected chi connectivity index (χ3v) is 3.04. The van der Waals surface area contributed by atoms with Crippen LogP contribution in [0, 0.1) is 5.92 Å². The molecule has 0 fully saturated rings. The number of nitrogens with one attached hydrogen (secondary N) is 2. The average molecular weight is 272 g/mol. The quantitative estimate of drug-likeness (QED) is 0.724. The van der Waals surface area contributed by atoms with Crippen LogP contribution in [0.5, 0.6) is 0 Å². The minimum absolute atomic E-state index is 0.709. The molecule has 0 radical (unpaired) electrons. The van der Waals surface area contributed by atoms with Gasteiger partial charge in [-0.2, -0.15) is 5.10 Å². The van der Waals surface area contributed by atoms with Crippen LogP contribution < -0.4 is 10.6 Å². The Morgan fingerprint density at radius 1 is 1.15 bits per heavy atom. The summed E-state index contributed by atoms with van der Waals surface area (Å²) in [6.07, 6.45) is 3.76. The van der Waals surface area contributed by atoms with Crippen molar-refractivity contribution in [3.05, 3.63) is 48.3 Å². The molecule has 0 unspecified atom stereocenters. The van der Waals surface area contributed by atoms with Crippen molar-refractivity contribution in [3.8, 4) is 5.69 Å². The van der Waals surface area contributed by atoms with E-state index in [1.54, 1.807) is 6.20 Å². The fraction of sp³-hybridized carbons (Fsp3) is 0.438. The van der Waals surface area contributed by atoms with Crippen molar-refractivity contribution in [2.75, 3.05) is 19.6 Å². The van der Waals surface area contributed by atoms with Crippen LogP contribution in [0.25, 0.3) is 5.69 Å². The molecule has 0 atom stereocenters. The number of hydrogen-bond acceptors (Lipinski definition) is 3. The van der Waals surface area contributed by atoms with E-state index >= 15 is 0 Å². The van der Waals surface area contributed by atoms with E-state index in [0.29, 0.717) is 5.92 Å². The third kappa shape index (κ3) is 4.79. The summed E-state index contributed by atoms with van der Waals surface area (Å²) in [5.41, 5.74) is 2.38. The Balaban J connectivity index is 1.75. The van der Waals surface area contributed by atoms with E-state index in [9.17, 15) is 0 Å². The highest BCUT2D eigenvalue weighted by molar-refractivity contribution is 5.34. The molecule has 1 heterocycles. The molecule has 1 aromatic heterocycles. The van der Waals surface area contributed by atoms with Gasteiger partial charge < -0.3 is 10.6 Å². The fourth-order valence-electron chi connectivity index (χ4n) is 2.03. The van der Waals surface area contributed by atoms with E-state index < -0.39 is 0 Å². The van der Waals surface area contributed by atoms with Crippen molar-refractivity contribution in [1.29, 1.82) is 0 Å². The summed E-state index contributed by atoms with van der Waals surface area (Å²) in [5.74, 6) is 0.709. The summed E-state index contributed by atoms with van der Waals surface area (Å²) >= 11 is 0. The average Bonchev–Trinajstić information content (AvgIpc) is 2.97. The zero-order valence-electron chi connectivity index (χ0n) is 12.3. The predicted molar refractivity (Wildman–Crippen MR) is 83.0 cm³/mol. The molecule has 2 aromatic rings. The zero-order valence-corrected chi connectivity index (χ0v) is 12.3. The lowest BCUT2D eigenvalue weighted by molar-refractivity contribution is 0.535. The lowest BCUT2D eigenvalue weighted by atomic mass is 10.2. The minimum Gasteiger partial charge on any atom is -0.315 e. The van der Waals surface area contributed by atoms with Crippen LogP contribution in [0.1, 0.15) is 19.4 Å². The summed E-state index contributed by atoms with van der Waals surface area (Å²) in [7, 11) is 0. The number of benzene rings is 1. The first-order chi connectivity index (χ1) is 9.75. The summed E-state index contributed by atoms with van der Waals surface area (Å²) in [6.45, 7) is 8.41. The Bertz CT molecular complexity index is 491. The number of nitrogens with zero attached hydrogens (tertiary/aromatic N) is 2. The van der Waals surface area contributed by atoms with E-state index in [1.807, 2.05) is 16.9 Å². The van der Waals surface area contributed by atoms with Crippen LogP contribution in [0.3, 0.4) is 0 Å². The van der Waals surface area contributed by atoms with Gasteiger partial charge in [-0.1, -0.05) is 26.0 Å². The number of hydrogen-bond donors (Lipinski definition) is 2. The first kappa shape index (κ1) is 14.8. The molecule has 0 saturated carbocycles. The zero-order chi connectivity index (χ0) is 14.2. The topological polar surface area (TPSA) is 41.9 Å². The number of rotatable bonds is 8. The summed E-state index contributed by atoms with van der Waals surface area (Å²) in [4.78, 5) is 0. The summed E-state index contributed by atoms with van der Waals surface area (Å²) in [6, 6.07) is 10.4. The van der Waals surface area contributed by atoms with Gasteiger partial charge in [-0.3, -0.25) is 0 Å². The molecule has 0 amide bonds. The molecule has 2 N–H and O–H groups in total. The van der Waals surface area contributed by atoms with Crippen LogP contribution in [-0.2, 0) is 6.54 Å². The molecule has 0 aliphatic heterocycles. The van der Waals surface area contributed by atoms with Gasteiger partial charge in [-0.15, -0.1) is 0 Å². The standard InChI is InChI=1S/C16H24N4/c1-14(2)12-17-8-9-18-13-15-5-3-6-16(11-15)20-10-4-7-19-20/h3-7,10-11,14,17-18H,8-9,12-13H2,1-2H3. The Hall–Kier alpha value is -1.65. The molecule has 108 valence electrons. The monoisotopic (exact) mass is 272 g/mol. The second kappa shape index (κ2) is 7.82. The van der Waals surface area contributed by atoms with E-state index in [0.717, 1.165) is 31.9 Å². The van der Waals surface area contributed by atoms with Gasteiger partial charge >= 0.3 is 0 Å². The maximum Gasteiger partial charge on any atom is 0.0648 e. The molecule has 0 saturated heterocycles. The summed E-state index contributed by atoms with van der Waals surface area (Å²) < 4.78 is 1.88. The summed E-state index contributed by atoms with van der Waals surface area (Å²) in [5, 5.41) is 11.1. The van der Waals surface area contributed by atoms with Crippen LogP contribution in [-0.4, -0.2) is 29.4 Å². The molecule has 0 aliphatic rings. The maximum absolute atomic E-state index is 4.25. The first-order valence-corrected chi connectivity index (χ1v) is 7.26. The Kier molecular flexibility index (Phi) is 5.77. The van der Waals surface area contributed by atoms with Gasteiger partial charge in [-0.05, 0) is 36.2 Å². The normalized spacial score (nSPS) is 11.2. The highest BCUT2D eigenvalue weighted by Crippen LogP contribution is 2.09. The smallest absolute Gasteiger partial charge is 0.0648 e. The highest BCUT2D eigenvalue weighted by atomic mass is 15.3. The van der Waals surface area contributed by atoms with Crippen molar-refractivity contribution in [2.24, 2.45) is 5.92 Å². The van der Waals surface area contributed by atoms with E-state index in [2.05, 4.69) is 53.8 Å². The van der Waals surface area contributed by atoms with E-state index in [-0.39, 0.29) is 0 Å². The van der Waals surface area contributed by atoms with Gasteiger partial charge in [0.15, 0.2) is 0 Å². The van der Waals surface area contributed by atoms with Crippen LogP contribution in [0.15, 0.2) is 42.7 Å². The SMILES string of the molecule is CC(C)CNCCNCc1cccc(-n2cccn2)c1. The van der Waals surface area contributed by atoms with Gasteiger partial charge in [-0.25, -0.2) is 4.68 Å². The van der Waals surface area contributed by atoms with Crippen molar-refractivity contribution in [1.82, 2.24) is 20.4 Å².